The molecule has 0 saturated carbocycles. The van der Waals surface area contributed by atoms with E-state index in [-0.39, 0.29) is 12.1 Å². The van der Waals surface area contributed by atoms with E-state index >= 15 is 0 Å². The zero-order valence-electron chi connectivity index (χ0n) is 10.7. The summed E-state index contributed by atoms with van der Waals surface area (Å²) in [4.78, 5) is 11.0. The van der Waals surface area contributed by atoms with Crippen LogP contribution in [0.1, 0.15) is 33.6 Å². The molecule has 0 amide bonds. The lowest BCUT2D eigenvalue weighted by atomic mass is 10.3. The Labute approximate surface area is 102 Å². The molecule has 0 aliphatic carbocycles. The van der Waals surface area contributed by atoms with Crippen LogP contribution in [0.3, 0.4) is 0 Å². The SMILES string of the molecule is CCOC(=O)CCC=C=C[C@H]1COC(C)(C)O1. The maximum atomic E-state index is 11.0. The van der Waals surface area contributed by atoms with Crippen molar-refractivity contribution in [1.29, 1.82) is 0 Å². The van der Waals surface area contributed by atoms with Gasteiger partial charge in [0.15, 0.2) is 5.79 Å². The third kappa shape index (κ3) is 5.68. The molecule has 4 heteroatoms. The molecule has 1 aliphatic heterocycles. The third-order valence-corrected chi connectivity index (χ3v) is 2.23. The van der Waals surface area contributed by atoms with Crippen LogP contribution in [0.5, 0.6) is 0 Å². The van der Waals surface area contributed by atoms with E-state index in [0.29, 0.717) is 26.1 Å². The molecular weight excluding hydrogens is 220 g/mol. The minimum atomic E-state index is -0.506. The molecule has 1 aliphatic rings. The molecule has 0 aromatic carbocycles. The predicted octanol–water partition coefficient (Wildman–Crippen LogP) is 2.19. The summed E-state index contributed by atoms with van der Waals surface area (Å²) in [5.41, 5.74) is 3.00. The first-order valence-corrected chi connectivity index (χ1v) is 5.92. The van der Waals surface area contributed by atoms with E-state index in [1.165, 1.54) is 0 Å². The van der Waals surface area contributed by atoms with Crippen molar-refractivity contribution in [2.75, 3.05) is 13.2 Å². The number of hydrogen-bond donors (Lipinski definition) is 0. The summed E-state index contributed by atoms with van der Waals surface area (Å²) in [6.07, 6.45) is 4.60. The summed E-state index contributed by atoms with van der Waals surface area (Å²) in [7, 11) is 0. The Balaban J connectivity index is 2.23. The minimum Gasteiger partial charge on any atom is -0.466 e. The molecule has 0 unspecified atom stereocenters. The standard InChI is InChI=1S/C13H20O4/c1-4-15-12(14)9-7-5-6-8-11-10-16-13(2,3)17-11/h5,8,11H,4,7,9-10H2,1-3H3/t6?,11-/m0/s1. The fourth-order valence-electron chi connectivity index (χ4n) is 1.48. The van der Waals surface area contributed by atoms with Gasteiger partial charge >= 0.3 is 5.97 Å². The quantitative estimate of drug-likeness (QED) is 0.546. The van der Waals surface area contributed by atoms with Crippen LogP contribution in [0.25, 0.3) is 0 Å². The van der Waals surface area contributed by atoms with E-state index in [9.17, 15) is 4.79 Å². The Morgan fingerprint density at radius 2 is 2.35 bits per heavy atom. The molecule has 0 spiro atoms. The smallest absolute Gasteiger partial charge is 0.306 e. The molecule has 4 nitrogen and oxygen atoms in total. The normalized spacial score (nSPS) is 21.7. The highest BCUT2D eigenvalue weighted by atomic mass is 16.7. The van der Waals surface area contributed by atoms with Gasteiger partial charge in [0.1, 0.15) is 6.10 Å². The fraction of sp³-hybridized carbons (Fsp3) is 0.692. The first kappa shape index (κ1) is 14.0. The summed E-state index contributed by atoms with van der Waals surface area (Å²) in [6, 6.07) is 0. The van der Waals surface area contributed by atoms with Gasteiger partial charge in [0, 0.05) is 6.42 Å². The van der Waals surface area contributed by atoms with Gasteiger partial charge < -0.3 is 14.2 Å². The van der Waals surface area contributed by atoms with Crippen LogP contribution < -0.4 is 0 Å². The Morgan fingerprint density at radius 1 is 1.59 bits per heavy atom. The van der Waals surface area contributed by atoms with Crippen LogP contribution in [-0.4, -0.2) is 31.1 Å². The molecule has 1 rings (SSSR count). The molecule has 1 atom stereocenters. The number of ether oxygens (including phenoxy) is 3. The maximum Gasteiger partial charge on any atom is 0.306 e. The van der Waals surface area contributed by atoms with Gasteiger partial charge in [0.25, 0.3) is 0 Å². The second-order valence-corrected chi connectivity index (χ2v) is 4.25. The molecular formula is C13H20O4. The van der Waals surface area contributed by atoms with E-state index in [1.54, 1.807) is 6.92 Å². The average Bonchev–Trinajstić information content (AvgIpc) is 2.58. The van der Waals surface area contributed by atoms with E-state index in [2.05, 4.69) is 5.73 Å². The number of carbonyl (C=O) groups is 1. The Kier molecular flexibility index (Phi) is 5.42. The Bertz CT molecular complexity index is 313. The molecule has 1 heterocycles. The van der Waals surface area contributed by atoms with Crippen LogP contribution in [0.15, 0.2) is 17.9 Å². The molecule has 17 heavy (non-hydrogen) atoms. The number of carbonyl (C=O) groups excluding carboxylic acids is 1. The van der Waals surface area contributed by atoms with E-state index < -0.39 is 5.79 Å². The van der Waals surface area contributed by atoms with E-state index in [0.717, 1.165) is 0 Å². The van der Waals surface area contributed by atoms with Crippen molar-refractivity contribution < 1.29 is 19.0 Å². The first-order valence-electron chi connectivity index (χ1n) is 5.92. The second-order valence-electron chi connectivity index (χ2n) is 4.25. The molecule has 0 aromatic heterocycles. The lowest BCUT2D eigenvalue weighted by Gasteiger charge is -2.15. The van der Waals surface area contributed by atoms with Gasteiger partial charge in [-0.2, -0.15) is 0 Å². The van der Waals surface area contributed by atoms with Crippen molar-refractivity contribution >= 4 is 5.97 Å². The highest BCUT2D eigenvalue weighted by molar-refractivity contribution is 5.69. The van der Waals surface area contributed by atoms with Gasteiger partial charge in [-0.25, -0.2) is 0 Å². The zero-order chi connectivity index (χ0) is 12.7. The van der Waals surface area contributed by atoms with Crippen molar-refractivity contribution in [3.8, 4) is 0 Å². The van der Waals surface area contributed by atoms with Crippen LogP contribution in [0.4, 0.5) is 0 Å². The minimum absolute atomic E-state index is 0.0520. The molecule has 0 N–H and O–H groups in total. The van der Waals surface area contributed by atoms with Gasteiger partial charge in [-0.1, -0.05) is 0 Å². The summed E-state index contributed by atoms with van der Waals surface area (Å²) < 4.78 is 15.8. The number of rotatable bonds is 5. The molecule has 0 radical (unpaired) electrons. The maximum absolute atomic E-state index is 11.0. The van der Waals surface area contributed by atoms with E-state index in [4.69, 9.17) is 14.2 Å². The molecule has 96 valence electrons. The van der Waals surface area contributed by atoms with Gasteiger partial charge in [-0.15, -0.1) is 5.73 Å². The second kappa shape index (κ2) is 6.60. The van der Waals surface area contributed by atoms with Gasteiger partial charge in [-0.05, 0) is 39.3 Å². The monoisotopic (exact) mass is 240 g/mol. The van der Waals surface area contributed by atoms with Crippen molar-refractivity contribution in [2.24, 2.45) is 0 Å². The van der Waals surface area contributed by atoms with Gasteiger partial charge in [-0.3, -0.25) is 4.79 Å². The molecule has 1 saturated heterocycles. The molecule has 1 fully saturated rings. The lowest BCUT2D eigenvalue weighted by Crippen LogP contribution is -2.20. The Morgan fingerprint density at radius 3 is 2.94 bits per heavy atom. The summed E-state index contributed by atoms with van der Waals surface area (Å²) in [5.74, 6) is -0.680. The summed E-state index contributed by atoms with van der Waals surface area (Å²) in [6.45, 7) is 6.54. The first-order chi connectivity index (χ1) is 8.03. The summed E-state index contributed by atoms with van der Waals surface area (Å²) >= 11 is 0. The van der Waals surface area contributed by atoms with Crippen molar-refractivity contribution in [1.82, 2.24) is 0 Å². The van der Waals surface area contributed by atoms with Gasteiger partial charge in [0.05, 0.1) is 13.2 Å². The van der Waals surface area contributed by atoms with Crippen LogP contribution in [0, 0.1) is 0 Å². The molecule has 0 bridgehead atoms. The molecule has 0 aromatic rings. The van der Waals surface area contributed by atoms with Gasteiger partial charge in [0.2, 0.25) is 0 Å². The third-order valence-electron chi connectivity index (χ3n) is 2.23. The topological polar surface area (TPSA) is 44.8 Å². The summed E-state index contributed by atoms with van der Waals surface area (Å²) in [5, 5.41) is 0. The highest BCUT2D eigenvalue weighted by Gasteiger charge is 2.30. The van der Waals surface area contributed by atoms with Crippen LogP contribution in [-0.2, 0) is 19.0 Å². The predicted molar refractivity (Wildman–Crippen MR) is 63.4 cm³/mol. The van der Waals surface area contributed by atoms with Crippen molar-refractivity contribution in [2.45, 2.75) is 45.5 Å². The van der Waals surface area contributed by atoms with Crippen molar-refractivity contribution in [3.05, 3.63) is 17.9 Å². The number of hydrogen-bond acceptors (Lipinski definition) is 4. The zero-order valence-corrected chi connectivity index (χ0v) is 10.7. The van der Waals surface area contributed by atoms with E-state index in [1.807, 2.05) is 26.0 Å². The lowest BCUT2D eigenvalue weighted by molar-refractivity contribution is -0.143. The largest absolute Gasteiger partial charge is 0.466 e. The highest BCUT2D eigenvalue weighted by Crippen LogP contribution is 2.22. The average molecular weight is 240 g/mol. The fourth-order valence-corrected chi connectivity index (χ4v) is 1.48. The number of esters is 1. The van der Waals surface area contributed by atoms with Crippen molar-refractivity contribution in [3.63, 3.8) is 0 Å². The van der Waals surface area contributed by atoms with Crippen LogP contribution in [0.2, 0.25) is 0 Å². The van der Waals surface area contributed by atoms with Crippen LogP contribution >= 0.6 is 0 Å². The Hall–Kier alpha value is -1.09.